The van der Waals surface area contributed by atoms with Crippen molar-refractivity contribution >= 4 is 5.78 Å². The number of carbonyl (C=O) groups is 1. The first kappa shape index (κ1) is 12.7. The molecule has 0 amide bonds. The van der Waals surface area contributed by atoms with Crippen LogP contribution in [0.2, 0.25) is 0 Å². The van der Waals surface area contributed by atoms with Crippen LogP contribution in [0.5, 0.6) is 0 Å². The first-order chi connectivity index (χ1) is 7.02. The van der Waals surface area contributed by atoms with Gasteiger partial charge >= 0.3 is 0 Å². The fourth-order valence-electron chi connectivity index (χ4n) is 2.66. The van der Waals surface area contributed by atoms with E-state index in [-0.39, 0.29) is 5.54 Å². The molecule has 1 aliphatic heterocycles. The highest BCUT2D eigenvalue weighted by Crippen LogP contribution is 2.28. The fraction of sp³-hybridized carbons (Fsp3) is 0.923. The van der Waals surface area contributed by atoms with Crippen LogP contribution in [0.4, 0.5) is 0 Å². The highest BCUT2D eigenvalue weighted by Gasteiger charge is 2.37. The lowest BCUT2D eigenvalue weighted by Gasteiger charge is -2.42. The monoisotopic (exact) mass is 211 g/mol. The summed E-state index contributed by atoms with van der Waals surface area (Å²) in [4.78, 5) is 14.2. The van der Waals surface area contributed by atoms with E-state index in [4.69, 9.17) is 0 Å². The predicted molar refractivity (Wildman–Crippen MR) is 64.0 cm³/mol. The first-order valence-electron chi connectivity index (χ1n) is 6.30. The molecule has 2 nitrogen and oxygen atoms in total. The van der Waals surface area contributed by atoms with Crippen LogP contribution in [-0.4, -0.2) is 28.8 Å². The number of hydrogen-bond acceptors (Lipinski definition) is 2. The van der Waals surface area contributed by atoms with Gasteiger partial charge in [-0.15, -0.1) is 0 Å². The Bertz CT molecular complexity index is 227. The molecule has 0 saturated carbocycles. The molecule has 88 valence electrons. The van der Waals surface area contributed by atoms with Crippen LogP contribution < -0.4 is 0 Å². The Balaban J connectivity index is 2.85. The van der Waals surface area contributed by atoms with Gasteiger partial charge in [-0.25, -0.2) is 0 Å². The van der Waals surface area contributed by atoms with Crippen molar-refractivity contribution in [2.24, 2.45) is 0 Å². The molecule has 0 aromatic heterocycles. The molecular formula is C13H25NO. The summed E-state index contributed by atoms with van der Waals surface area (Å²) < 4.78 is 0. The number of rotatable bonds is 3. The summed E-state index contributed by atoms with van der Waals surface area (Å²) in [5.41, 5.74) is -0.232. The summed E-state index contributed by atoms with van der Waals surface area (Å²) >= 11 is 0. The Morgan fingerprint density at radius 3 is 2.60 bits per heavy atom. The van der Waals surface area contributed by atoms with Crippen LogP contribution in [0.15, 0.2) is 0 Å². The highest BCUT2D eigenvalue weighted by molar-refractivity contribution is 5.85. The third-order valence-electron chi connectivity index (χ3n) is 4.13. The predicted octanol–water partition coefficient (Wildman–Crippen LogP) is 3.01. The Labute approximate surface area is 94.0 Å². The van der Waals surface area contributed by atoms with Gasteiger partial charge in [-0.1, -0.05) is 19.8 Å². The SMILES string of the molecule is CCC(C)(C(C)=O)N1CCCCCC1C. The molecule has 0 radical (unpaired) electrons. The second kappa shape index (κ2) is 5.11. The summed E-state index contributed by atoms with van der Waals surface area (Å²) in [6, 6.07) is 0.557. The summed E-state index contributed by atoms with van der Waals surface area (Å²) in [6.07, 6.45) is 6.04. The Morgan fingerprint density at radius 1 is 1.40 bits per heavy atom. The average molecular weight is 211 g/mol. The summed E-state index contributed by atoms with van der Waals surface area (Å²) in [7, 11) is 0. The summed E-state index contributed by atoms with van der Waals surface area (Å²) in [6.45, 7) is 9.32. The van der Waals surface area contributed by atoms with Gasteiger partial charge in [0.25, 0.3) is 0 Å². The number of carbonyl (C=O) groups excluding carboxylic acids is 1. The normalized spacial score (nSPS) is 28.1. The third kappa shape index (κ3) is 2.60. The molecule has 1 fully saturated rings. The van der Waals surface area contributed by atoms with E-state index in [1.54, 1.807) is 6.92 Å². The van der Waals surface area contributed by atoms with Crippen LogP contribution in [0, 0.1) is 0 Å². The van der Waals surface area contributed by atoms with E-state index in [1.807, 2.05) is 0 Å². The van der Waals surface area contributed by atoms with Gasteiger partial charge in [0.2, 0.25) is 0 Å². The van der Waals surface area contributed by atoms with Gasteiger partial charge in [0.1, 0.15) is 5.78 Å². The second-order valence-corrected chi connectivity index (χ2v) is 5.08. The van der Waals surface area contributed by atoms with Gasteiger partial charge in [-0.05, 0) is 46.6 Å². The maximum atomic E-state index is 11.8. The molecule has 15 heavy (non-hydrogen) atoms. The van der Waals surface area contributed by atoms with Crippen molar-refractivity contribution in [1.82, 2.24) is 4.90 Å². The van der Waals surface area contributed by atoms with Gasteiger partial charge in [-0.2, -0.15) is 0 Å². The van der Waals surface area contributed by atoms with Crippen LogP contribution in [0.3, 0.4) is 0 Å². The minimum absolute atomic E-state index is 0.232. The van der Waals surface area contributed by atoms with Gasteiger partial charge in [0.05, 0.1) is 5.54 Å². The van der Waals surface area contributed by atoms with Crippen LogP contribution >= 0.6 is 0 Å². The molecule has 1 saturated heterocycles. The Kier molecular flexibility index (Phi) is 4.32. The minimum atomic E-state index is -0.232. The van der Waals surface area contributed by atoms with Crippen molar-refractivity contribution in [2.75, 3.05) is 6.54 Å². The molecule has 2 heteroatoms. The lowest BCUT2D eigenvalue weighted by molar-refractivity contribution is -0.130. The first-order valence-corrected chi connectivity index (χ1v) is 6.30. The standard InChI is InChI=1S/C13H25NO/c1-5-13(4,12(3)15)14-10-8-6-7-9-11(14)2/h11H,5-10H2,1-4H3. The molecule has 2 unspecified atom stereocenters. The van der Waals surface area contributed by atoms with Crippen molar-refractivity contribution in [3.05, 3.63) is 0 Å². The molecule has 0 aromatic rings. The molecule has 1 aliphatic rings. The Morgan fingerprint density at radius 2 is 2.07 bits per heavy atom. The van der Waals surface area contributed by atoms with Crippen molar-refractivity contribution in [3.63, 3.8) is 0 Å². The molecule has 0 bridgehead atoms. The van der Waals surface area contributed by atoms with Crippen molar-refractivity contribution in [1.29, 1.82) is 0 Å². The van der Waals surface area contributed by atoms with E-state index in [0.717, 1.165) is 13.0 Å². The number of Topliss-reactive ketones (excluding diaryl/α,β-unsaturated/α-hetero) is 1. The van der Waals surface area contributed by atoms with Crippen molar-refractivity contribution in [3.8, 4) is 0 Å². The fourth-order valence-corrected chi connectivity index (χ4v) is 2.66. The largest absolute Gasteiger partial charge is 0.298 e. The van der Waals surface area contributed by atoms with Crippen LogP contribution in [-0.2, 0) is 4.79 Å². The van der Waals surface area contributed by atoms with Gasteiger partial charge < -0.3 is 0 Å². The highest BCUT2D eigenvalue weighted by atomic mass is 16.1. The molecular weight excluding hydrogens is 186 g/mol. The molecule has 0 N–H and O–H groups in total. The van der Waals surface area contributed by atoms with Crippen molar-refractivity contribution < 1.29 is 4.79 Å². The quantitative estimate of drug-likeness (QED) is 0.715. The second-order valence-electron chi connectivity index (χ2n) is 5.08. The zero-order valence-corrected chi connectivity index (χ0v) is 10.7. The topological polar surface area (TPSA) is 20.3 Å². The molecule has 1 heterocycles. The Hall–Kier alpha value is -0.370. The maximum Gasteiger partial charge on any atom is 0.149 e. The number of ketones is 1. The zero-order valence-electron chi connectivity index (χ0n) is 10.7. The van der Waals surface area contributed by atoms with E-state index < -0.39 is 0 Å². The van der Waals surface area contributed by atoms with Gasteiger partial charge in [-0.3, -0.25) is 9.69 Å². The molecule has 1 rings (SSSR count). The molecule has 0 spiro atoms. The lowest BCUT2D eigenvalue weighted by Crippen LogP contribution is -2.54. The summed E-state index contributed by atoms with van der Waals surface area (Å²) in [5, 5.41) is 0. The summed E-state index contributed by atoms with van der Waals surface area (Å²) in [5.74, 6) is 0.318. The number of nitrogens with zero attached hydrogens (tertiary/aromatic N) is 1. The van der Waals surface area contributed by atoms with E-state index in [1.165, 1.54) is 25.7 Å². The van der Waals surface area contributed by atoms with E-state index >= 15 is 0 Å². The molecule has 2 atom stereocenters. The van der Waals surface area contributed by atoms with Gasteiger partial charge in [0, 0.05) is 6.04 Å². The maximum absolute atomic E-state index is 11.8. The van der Waals surface area contributed by atoms with E-state index in [2.05, 4.69) is 25.7 Å². The zero-order chi connectivity index (χ0) is 11.5. The molecule has 0 aliphatic carbocycles. The lowest BCUT2D eigenvalue weighted by atomic mass is 9.90. The smallest absolute Gasteiger partial charge is 0.149 e. The van der Waals surface area contributed by atoms with Crippen LogP contribution in [0.1, 0.15) is 59.8 Å². The number of hydrogen-bond donors (Lipinski definition) is 0. The minimum Gasteiger partial charge on any atom is -0.298 e. The average Bonchev–Trinajstić information content (AvgIpc) is 2.41. The van der Waals surface area contributed by atoms with Crippen LogP contribution in [0.25, 0.3) is 0 Å². The van der Waals surface area contributed by atoms with Crippen molar-refractivity contribution in [2.45, 2.75) is 71.4 Å². The number of likely N-dealkylation sites (tertiary alicyclic amines) is 1. The van der Waals surface area contributed by atoms with E-state index in [9.17, 15) is 4.79 Å². The molecule has 0 aromatic carbocycles. The van der Waals surface area contributed by atoms with E-state index in [0.29, 0.717) is 11.8 Å². The third-order valence-corrected chi connectivity index (χ3v) is 4.13. The van der Waals surface area contributed by atoms with Gasteiger partial charge in [0.15, 0.2) is 0 Å².